The monoisotopic (exact) mass is 444 g/mol. The van der Waals surface area contributed by atoms with Gasteiger partial charge in [-0.15, -0.1) is 0 Å². The van der Waals surface area contributed by atoms with Gasteiger partial charge in [-0.25, -0.2) is 17.2 Å². The van der Waals surface area contributed by atoms with Gasteiger partial charge >= 0.3 is 0 Å². The second-order valence-electron chi connectivity index (χ2n) is 7.31. The van der Waals surface area contributed by atoms with Crippen LogP contribution in [0.1, 0.15) is 27.0 Å². The van der Waals surface area contributed by atoms with Crippen LogP contribution < -0.4 is 9.62 Å². The molecule has 3 aromatic carbocycles. The van der Waals surface area contributed by atoms with Gasteiger partial charge in [0.2, 0.25) is 10.0 Å². The third-order valence-electron chi connectivity index (χ3n) is 4.89. The van der Waals surface area contributed by atoms with E-state index < -0.39 is 33.1 Å². The number of sulfonamides is 1. The van der Waals surface area contributed by atoms with E-state index in [0.29, 0.717) is 16.9 Å². The Morgan fingerprint density at radius 3 is 2.23 bits per heavy atom. The Hall–Kier alpha value is -3.26. The molecule has 8 heteroatoms. The highest BCUT2D eigenvalue weighted by Gasteiger charge is 2.19. The van der Waals surface area contributed by atoms with Gasteiger partial charge in [0, 0.05) is 5.69 Å². The lowest BCUT2D eigenvalue weighted by molar-refractivity contribution is 0.102. The van der Waals surface area contributed by atoms with Crippen molar-refractivity contribution in [2.45, 2.75) is 20.4 Å². The van der Waals surface area contributed by atoms with Crippen molar-refractivity contribution in [2.75, 3.05) is 15.9 Å². The van der Waals surface area contributed by atoms with Crippen LogP contribution in [0.2, 0.25) is 0 Å². The zero-order chi connectivity index (χ0) is 22.8. The number of carbonyl (C=O) groups is 1. The Bertz CT molecular complexity index is 1230. The van der Waals surface area contributed by atoms with Crippen molar-refractivity contribution < 1.29 is 22.0 Å². The normalized spacial score (nSPS) is 11.3. The molecular weight excluding hydrogens is 422 g/mol. The topological polar surface area (TPSA) is 66.5 Å². The average molecular weight is 445 g/mol. The summed E-state index contributed by atoms with van der Waals surface area (Å²) in [5, 5.41) is 2.50. The van der Waals surface area contributed by atoms with E-state index in [0.717, 1.165) is 35.6 Å². The molecule has 0 aromatic heterocycles. The molecule has 162 valence electrons. The lowest BCUT2D eigenvalue weighted by atomic mass is 10.1. The summed E-state index contributed by atoms with van der Waals surface area (Å²) in [7, 11) is -3.53. The number of benzene rings is 3. The van der Waals surface area contributed by atoms with Crippen LogP contribution in [0.4, 0.5) is 20.2 Å². The van der Waals surface area contributed by atoms with Gasteiger partial charge in [0.15, 0.2) is 0 Å². The lowest BCUT2D eigenvalue weighted by Crippen LogP contribution is -2.29. The van der Waals surface area contributed by atoms with Crippen molar-refractivity contribution in [1.29, 1.82) is 0 Å². The smallest absolute Gasteiger partial charge is 0.258 e. The van der Waals surface area contributed by atoms with Crippen LogP contribution in [-0.4, -0.2) is 20.6 Å². The number of aryl methyl sites for hydroxylation is 2. The fourth-order valence-corrected chi connectivity index (χ4v) is 3.89. The second kappa shape index (κ2) is 8.85. The molecule has 0 aliphatic rings. The molecule has 5 nitrogen and oxygen atoms in total. The van der Waals surface area contributed by atoms with Crippen molar-refractivity contribution in [3.63, 3.8) is 0 Å². The molecule has 0 aliphatic carbocycles. The van der Waals surface area contributed by atoms with E-state index in [1.165, 1.54) is 4.31 Å². The summed E-state index contributed by atoms with van der Waals surface area (Å²) in [6.45, 7) is 3.97. The Labute approximate surface area is 180 Å². The van der Waals surface area contributed by atoms with Crippen molar-refractivity contribution in [3.05, 3.63) is 94.6 Å². The molecule has 0 saturated carbocycles. The fraction of sp³-hybridized carbons (Fsp3) is 0.174. The predicted molar refractivity (Wildman–Crippen MR) is 118 cm³/mol. The highest BCUT2D eigenvalue weighted by molar-refractivity contribution is 7.92. The standard InChI is InChI=1S/C23H22F2N2O3S/c1-15-4-10-20(12-16(15)2)27(31(3,29)30)14-17-5-8-19(9-6-17)26-23(28)21-13-18(24)7-11-22(21)25/h4-13H,14H2,1-3H3,(H,26,28). The molecule has 0 bridgehead atoms. The van der Waals surface area contributed by atoms with Crippen LogP contribution in [0.15, 0.2) is 60.7 Å². The Balaban J connectivity index is 1.78. The van der Waals surface area contributed by atoms with Crippen LogP contribution in [-0.2, 0) is 16.6 Å². The first-order chi connectivity index (χ1) is 14.5. The maximum absolute atomic E-state index is 13.8. The first kappa shape index (κ1) is 22.4. The van der Waals surface area contributed by atoms with Crippen LogP contribution in [0, 0.1) is 25.5 Å². The number of rotatable bonds is 6. The van der Waals surface area contributed by atoms with Crippen molar-refractivity contribution in [1.82, 2.24) is 0 Å². The third kappa shape index (κ3) is 5.46. The molecule has 0 aliphatic heterocycles. The number of hydrogen-bond acceptors (Lipinski definition) is 3. The van der Waals surface area contributed by atoms with E-state index >= 15 is 0 Å². The molecule has 0 radical (unpaired) electrons. The van der Waals surface area contributed by atoms with E-state index in [1.807, 2.05) is 26.0 Å². The molecule has 0 atom stereocenters. The number of halogens is 2. The number of nitrogens with one attached hydrogen (secondary N) is 1. The molecule has 0 unspecified atom stereocenters. The highest BCUT2D eigenvalue weighted by Crippen LogP contribution is 2.24. The summed E-state index contributed by atoms with van der Waals surface area (Å²) in [4.78, 5) is 12.2. The molecule has 1 amide bonds. The van der Waals surface area contributed by atoms with Gasteiger partial charge in [-0.3, -0.25) is 9.10 Å². The van der Waals surface area contributed by atoms with Gasteiger partial charge in [0.1, 0.15) is 11.6 Å². The van der Waals surface area contributed by atoms with E-state index in [2.05, 4.69) is 5.32 Å². The van der Waals surface area contributed by atoms with Crippen LogP contribution in [0.3, 0.4) is 0 Å². The molecule has 0 heterocycles. The molecule has 1 N–H and O–H groups in total. The molecule has 0 spiro atoms. The number of nitrogens with zero attached hydrogens (tertiary/aromatic N) is 1. The van der Waals surface area contributed by atoms with Gasteiger partial charge < -0.3 is 5.32 Å². The minimum atomic E-state index is -3.53. The molecule has 0 saturated heterocycles. The first-order valence-electron chi connectivity index (χ1n) is 9.45. The first-order valence-corrected chi connectivity index (χ1v) is 11.3. The number of anilines is 2. The summed E-state index contributed by atoms with van der Waals surface area (Å²) in [6, 6.07) is 14.6. The largest absolute Gasteiger partial charge is 0.322 e. The average Bonchev–Trinajstić information content (AvgIpc) is 2.70. The van der Waals surface area contributed by atoms with Crippen LogP contribution in [0.25, 0.3) is 0 Å². The number of amides is 1. The van der Waals surface area contributed by atoms with Crippen molar-refractivity contribution >= 4 is 27.3 Å². The predicted octanol–water partition coefficient (Wildman–Crippen LogP) is 4.80. The third-order valence-corrected chi connectivity index (χ3v) is 6.03. The lowest BCUT2D eigenvalue weighted by Gasteiger charge is -2.23. The zero-order valence-corrected chi connectivity index (χ0v) is 18.1. The Morgan fingerprint density at radius 2 is 1.61 bits per heavy atom. The highest BCUT2D eigenvalue weighted by atomic mass is 32.2. The molecule has 31 heavy (non-hydrogen) atoms. The van der Waals surface area contributed by atoms with Gasteiger partial charge in [0.25, 0.3) is 5.91 Å². The van der Waals surface area contributed by atoms with Crippen molar-refractivity contribution in [2.24, 2.45) is 0 Å². The summed E-state index contributed by atoms with van der Waals surface area (Å²) in [6.07, 6.45) is 1.14. The molecule has 0 fully saturated rings. The summed E-state index contributed by atoms with van der Waals surface area (Å²) in [5.41, 5.74) is 3.26. The zero-order valence-electron chi connectivity index (χ0n) is 17.3. The van der Waals surface area contributed by atoms with Crippen LogP contribution in [0.5, 0.6) is 0 Å². The SMILES string of the molecule is Cc1ccc(N(Cc2ccc(NC(=O)c3cc(F)ccc3F)cc2)S(C)(=O)=O)cc1C. The molecule has 3 rings (SSSR count). The van der Waals surface area contributed by atoms with E-state index in [9.17, 15) is 22.0 Å². The molecular formula is C23H22F2N2O3S. The maximum Gasteiger partial charge on any atom is 0.258 e. The van der Waals surface area contributed by atoms with Gasteiger partial charge in [0.05, 0.1) is 24.1 Å². The molecule has 3 aromatic rings. The summed E-state index contributed by atoms with van der Waals surface area (Å²) >= 11 is 0. The Morgan fingerprint density at radius 1 is 0.935 bits per heavy atom. The van der Waals surface area contributed by atoms with Gasteiger partial charge in [-0.05, 0) is 73.0 Å². The number of hydrogen-bond donors (Lipinski definition) is 1. The quantitative estimate of drug-likeness (QED) is 0.594. The fourth-order valence-electron chi connectivity index (χ4n) is 3.01. The Kier molecular flexibility index (Phi) is 6.40. The van der Waals surface area contributed by atoms with E-state index in [4.69, 9.17) is 0 Å². The maximum atomic E-state index is 13.8. The summed E-state index contributed by atoms with van der Waals surface area (Å²) in [5.74, 6) is -2.32. The van der Waals surface area contributed by atoms with Gasteiger partial charge in [-0.2, -0.15) is 0 Å². The number of carbonyl (C=O) groups excluding carboxylic acids is 1. The van der Waals surface area contributed by atoms with Crippen LogP contribution >= 0.6 is 0 Å². The van der Waals surface area contributed by atoms with Gasteiger partial charge in [-0.1, -0.05) is 18.2 Å². The minimum absolute atomic E-state index is 0.105. The van der Waals surface area contributed by atoms with E-state index in [1.54, 1.807) is 30.3 Å². The summed E-state index contributed by atoms with van der Waals surface area (Å²) < 4.78 is 53.1. The van der Waals surface area contributed by atoms with Crippen molar-refractivity contribution in [3.8, 4) is 0 Å². The van der Waals surface area contributed by atoms with E-state index in [-0.39, 0.29) is 6.54 Å². The minimum Gasteiger partial charge on any atom is -0.322 e. The second-order valence-corrected chi connectivity index (χ2v) is 9.22.